The van der Waals surface area contributed by atoms with Gasteiger partial charge in [-0.05, 0) is 59.8 Å². The average Bonchev–Trinajstić information content (AvgIpc) is 3.27. The molecular formula is C16H21BrN2O. The SMILES string of the molecule is O=C(c1ccccc1Br)N1CCCN(CC2CC2)CC1. The largest absolute Gasteiger partial charge is 0.337 e. The molecule has 0 unspecified atom stereocenters. The van der Waals surface area contributed by atoms with Crippen LogP contribution in [0.3, 0.4) is 0 Å². The number of carbonyl (C=O) groups is 1. The highest BCUT2D eigenvalue weighted by atomic mass is 79.9. The lowest BCUT2D eigenvalue weighted by atomic mass is 10.2. The van der Waals surface area contributed by atoms with E-state index in [1.807, 2.05) is 29.2 Å². The number of rotatable bonds is 3. The van der Waals surface area contributed by atoms with Crippen molar-refractivity contribution in [1.29, 1.82) is 0 Å². The maximum atomic E-state index is 12.6. The molecule has 1 aliphatic carbocycles. The molecule has 0 N–H and O–H groups in total. The number of hydrogen-bond donors (Lipinski definition) is 0. The van der Waals surface area contributed by atoms with Crippen LogP contribution < -0.4 is 0 Å². The Hall–Kier alpha value is -0.870. The summed E-state index contributed by atoms with van der Waals surface area (Å²) >= 11 is 3.48. The van der Waals surface area contributed by atoms with E-state index in [9.17, 15) is 4.79 Å². The normalized spacial score (nSPS) is 20.8. The molecule has 108 valence electrons. The molecule has 1 saturated carbocycles. The third-order valence-electron chi connectivity index (χ3n) is 4.19. The van der Waals surface area contributed by atoms with Gasteiger partial charge in [0.05, 0.1) is 5.56 Å². The molecule has 2 fully saturated rings. The molecular weight excluding hydrogens is 316 g/mol. The number of carbonyl (C=O) groups excluding carboxylic acids is 1. The highest BCUT2D eigenvalue weighted by Gasteiger charge is 2.26. The molecule has 0 aromatic heterocycles. The fourth-order valence-electron chi connectivity index (χ4n) is 2.83. The Bertz CT molecular complexity index is 487. The standard InChI is InChI=1S/C16H21BrN2O/c17-15-5-2-1-4-14(15)16(20)19-9-3-8-18(10-11-19)12-13-6-7-13/h1-2,4-5,13H,3,6-12H2. The summed E-state index contributed by atoms with van der Waals surface area (Å²) in [5.74, 6) is 1.09. The predicted molar refractivity (Wildman–Crippen MR) is 83.8 cm³/mol. The van der Waals surface area contributed by atoms with Crippen molar-refractivity contribution in [2.45, 2.75) is 19.3 Å². The molecule has 1 amide bonds. The van der Waals surface area contributed by atoms with Gasteiger partial charge in [-0.15, -0.1) is 0 Å². The molecule has 2 aliphatic rings. The van der Waals surface area contributed by atoms with Crippen LogP contribution in [0.15, 0.2) is 28.7 Å². The Balaban J connectivity index is 1.62. The summed E-state index contributed by atoms with van der Waals surface area (Å²) in [5.41, 5.74) is 0.781. The zero-order valence-electron chi connectivity index (χ0n) is 11.7. The number of halogens is 1. The summed E-state index contributed by atoms with van der Waals surface area (Å²) in [5, 5.41) is 0. The van der Waals surface area contributed by atoms with Gasteiger partial charge >= 0.3 is 0 Å². The summed E-state index contributed by atoms with van der Waals surface area (Å²) in [6.07, 6.45) is 3.88. The quantitative estimate of drug-likeness (QED) is 0.847. The summed E-state index contributed by atoms with van der Waals surface area (Å²) in [6, 6.07) is 7.71. The first-order chi connectivity index (χ1) is 9.74. The van der Waals surface area contributed by atoms with Gasteiger partial charge in [-0.3, -0.25) is 4.79 Å². The molecule has 0 radical (unpaired) electrons. The Morgan fingerprint density at radius 1 is 1.15 bits per heavy atom. The first-order valence-corrected chi connectivity index (χ1v) is 8.29. The zero-order valence-corrected chi connectivity index (χ0v) is 13.3. The molecule has 1 aliphatic heterocycles. The predicted octanol–water partition coefficient (Wildman–Crippen LogP) is 3.01. The fraction of sp³-hybridized carbons (Fsp3) is 0.562. The summed E-state index contributed by atoms with van der Waals surface area (Å²) < 4.78 is 0.893. The Labute approximate surface area is 129 Å². The van der Waals surface area contributed by atoms with Crippen molar-refractivity contribution in [2.24, 2.45) is 5.92 Å². The van der Waals surface area contributed by atoms with E-state index in [0.29, 0.717) is 0 Å². The van der Waals surface area contributed by atoms with E-state index >= 15 is 0 Å². The third kappa shape index (κ3) is 3.41. The minimum Gasteiger partial charge on any atom is -0.337 e. The lowest BCUT2D eigenvalue weighted by Crippen LogP contribution is -2.35. The van der Waals surface area contributed by atoms with Crippen molar-refractivity contribution < 1.29 is 4.79 Å². The van der Waals surface area contributed by atoms with Gasteiger partial charge in [0, 0.05) is 30.7 Å². The van der Waals surface area contributed by atoms with Crippen LogP contribution in [0.4, 0.5) is 0 Å². The van der Waals surface area contributed by atoms with Crippen molar-refractivity contribution in [3.8, 4) is 0 Å². The number of hydrogen-bond acceptors (Lipinski definition) is 2. The van der Waals surface area contributed by atoms with Gasteiger partial charge in [0.25, 0.3) is 5.91 Å². The van der Waals surface area contributed by atoms with Crippen LogP contribution >= 0.6 is 15.9 Å². The molecule has 1 saturated heterocycles. The monoisotopic (exact) mass is 336 g/mol. The topological polar surface area (TPSA) is 23.6 Å². The van der Waals surface area contributed by atoms with Gasteiger partial charge < -0.3 is 9.80 Å². The van der Waals surface area contributed by atoms with Crippen LogP contribution in [0, 0.1) is 5.92 Å². The van der Waals surface area contributed by atoms with Crippen LogP contribution in [0.5, 0.6) is 0 Å². The second kappa shape index (κ2) is 6.27. The Kier molecular flexibility index (Phi) is 4.41. The summed E-state index contributed by atoms with van der Waals surface area (Å²) in [7, 11) is 0. The van der Waals surface area contributed by atoms with E-state index in [0.717, 1.165) is 48.6 Å². The molecule has 0 spiro atoms. The lowest BCUT2D eigenvalue weighted by molar-refractivity contribution is 0.0760. The molecule has 0 atom stereocenters. The maximum absolute atomic E-state index is 12.6. The average molecular weight is 337 g/mol. The van der Waals surface area contributed by atoms with Crippen molar-refractivity contribution in [3.63, 3.8) is 0 Å². The Morgan fingerprint density at radius 3 is 2.70 bits per heavy atom. The van der Waals surface area contributed by atoms with Crippen molar-refractivity contribution in [1.82, 2.24) is 9.80 Å². The van der Waals surface area contributed by atoms with Crippen LogP contribution in [0.2, 0.25) is 0 Å². The summed E-state index contributed by atoms with van der Waals surface area (Å²) in [4.78, 5) is 17.1. The van der Waals surface area contributed by atoms with Crippen molar-refractivity contribution in [3.05, 3.63) is 34.3 Å². The van der Waals surface area contributed by atoms with E-state index in [1.54, 1.807) is 0 Å². The molecule has 1 heterocycles. The van der Waals surface area contributed by atoms with E-state index in [-0.39, 0.29) is 5.91 Å². The van der Waals surface area contributed by atoms with E-state index in [1.165, 1.54) is 19.4 Å². The number of amides is 1. The van der Waals surface area contributed by atoms with Crippen molar-refractivity contribution in [2.75, 3.05) is 32.7 Å². The highest BCUT2D eigenvalue weighted by Crippen LogP contribution is 2.30. The van der Waals surface area contributed by atoms with E-state index in [4.69, 9.17) is 0 Å². The van der Waals surface area contributed by atoms with Gasteiger partial charge in [-0.2, -0.15) is 0 Å². The second-order valence-corrected chi connectivity index (χ2v) is 6.72. The van der Waals surface area contributed by atoms with Crippen LogP contribution in [0.25, 0.3) is 0 Å². The lowest BCUT2D eigenvalue weighted by Gasteiger charge is -2.22. The Morgan fingerprint density at radius 2 is 1.95 bits per heavy atom. The van der Waals surface area contributed by atoms with Gasteiger partial charge in [0.1, 0.15) is 0 Å². The fourth-order valence-corrected chi connectivity index (χ4v) is 3.28. The van der Waals surface area contributed by atoms with E-state index in [2.05, 4.69) is 20.8 Å². The smallest absolute Gasteiger partial charge is 0.255 e. The number of benzene rings is 1. The minimum absolute atomic E-state index is 0.158. The molecule has 0 bridgehead atoms. The summed E-state index contributed by atoms with van der Waals surface area (Å²) in [6.45, 7) is 5.12. The molecule has 20 heavy (non-hydrogen) atoms. The van der Waals surface area contributed by atoms with Crippen LogP contribution in [-0.4, -0.2) is 48.4 Å². The first kappa shape index (κ1) is 14.1. The zero-order chi connectivity index (χ0) is 13.9. The molecule has 3 nitrogen and oxygen atoms in total. The van der Waals surface area contributed by atoms with E-state index < -0.39 is 0 Å². The van der Waals surface area contributed by atoms with Crippen molar-refractivity contribution >= 4 is 21.8 Å². The minimum atomic E-state index is 0.158. The third-order valence-corrected chi connectivity index (χ3v) is 4.88. The molecule has 1 aromatic carbocycles. The second-order valence-electron chi connectivity index (χ2n) is 5.87. The molecule has 3 rings (SSSR count). The van der Waals surface area contributed by atoms with Crippen LogP contribution in [0.1, 0.15) is 29.6 Å². The first-order valence-electron chi connectivity index (χ1n) is 7.50. The molecule has 4 heteroatoms. The van der Waals surface area contributed by atoms with Gasteiger partial charge in [-0.25, -0.2) is 0 Å². The van der Waals surface area contributed by atoms with Gasteiger partial charge in [-0.1, -0.05) is 12.1 Å². The molecule has 1 aromatic rings. The maximum Gasteiger partial charge on any atom is 0.255 e. The van der Waals surface area contributed by atoms with Crippen LogP contribution in [-0.2, 0) is 0 Å². The highest BCUT2D eigenvalue weighted by molar-refractivity contribution is 9.10. The van der Waals surface area contributed by atoms with Gasteiger partial charge in [0.15, 0.2) is 0 Å². The number of nitrogens with zero attached hydrogens (tertiary/aromatic N) is 2. The van der Waals surface area contributed by atoms with Gasteiger partial charge in [0.2, 0.25) is 0 Å².